The average Bonchev–Trinajstić information content (AvgIpc) is 2.73. The molecule has 0 saturated carbocycles. The zero-order chi connectivity index (χ0) is 23.6. The molecule has 0 aliphatic rings. The van der Waals surface area contributed by atoms with Crippen LogP contribution < -0.4 is 10.3 Å². The van der Waals surface area contributed by atoms with Gasteiger partial charge in [-0.05, 0) is 69.0 Å². The van der Waals surface area contributed by atoms with Crippen LogP contribution in [0.5, 0.6) is 11.6 Å². The number of carbonyl (C=O) groups excluding carboxylic acids is 1. The summed E-state index contributed by atoms with van der Waals surface area (Å²) in [7, 11) is 0. The van der Waals surface area contributed by atoms with E-state index in [0.717, 1.165) is 21.3 Å². The lowest BCUT2D eigenvalue weighted by atomic mass is 9.98. The number of ether oxygens (including phenoxy) is 1. The minimum Gasteiger partial charge on any atom is -0.494 e. The zero-order valence-corrected chi connectivity index (χ0v) is 18.8. The Hall–Kier alpha value is -3.85. The summed E-state index contributed by atoms with van der Waals surface area (Å²) >= 11 is 0. The third-order valence-corrected chi connectivity index (χ3v) is 5.54. The van der Waals surface area contributed by atoms with Crippen molar-refractivity contribution in [2.45, 2.75) is 46.8 Å². The molecule has 1 N–H and O–H groups in total. The van der Waals surface area contributed by atoms with Gasteiger partial charge in [-0.25, -0.2) is 0 Å². The maximum absolute atomic E-state index is 13.3. The standard InChI is InChI=1S/C26H26N2O4/c1-15-11-16(2)13-21(12-15)32-19(5)24(29)23-17(3)22(14-27)25(30)28(26(23)31)18(4)20-9-7-6-8-10-20/h6-13,18-19,31H,1-5H3. The first-order valence-corrected chi connectivity index (χ1v) is 10.4. The average molecular weight is 431 g/mol. The van der Waals surface area contributed by atoms with Crippen molar-refractivity contribution in [3.63, 3.8) is 0 Å². The number of aromatic nitrogens is 1. The van der Waals surface area contributed by atoms with Gasteiger partial charge in [0.1, 0.15) is 17.4 Å². The van der Waals surface area contributed by atoms with Crippen molar-refractivity contribution in [2.75, 3.05) is 0 Å². The molecule has 0 fully saturated rings. The Kier molecular flexibility index (Phi) is 6.50. The number of rotatable bonds is 6. The number of nitriles is 1. The van der Waals surface area contributed by atoms with Crippen molar-refractivity contribution in [2.24, 2.45) is 0 Å². The number of ketones is 1. The van der Waals surface area contributed by atoms with Gasteiger partial charge < -0.3 is 9.84 Å². The maximum atomic E-state index is 13.3. The molecular formula is C26H26N2O4. The molecule has 1 aromatic heterocycles. The van der Waals surface area contributed by atoms with E-state index >= 15 is 0 Å². The highest BCUT2D eigenvalue weighted by molar-refractivity contribution is 6.03. The number of Topliss-reactive ketones (excluding diaryl/α,β-unsaturated/α-hetero) is 1. The fourth-order valence-corrected chi connectivity index (χ4v) is 3.92. The van der Waals surface area contributed by atoms with Gasteiger partial charge in [0.25, 0.3) is 5.56 Å². The SMILES string of the molecule is Cc1cc(C)cc(OC(C)C(=O)c2c(C)c(C#N)c(=O)n(C(C)c3ccccc3)c2O)c1. The first kappa shape index (κ1) is 22.8. The van der Waals surface area contributed by atoms with Crippen molar-refractivity contribution in [1.82, 2.24) is 4.57 Å². The third kappa shape index (κ3) is 4.28. The lowest BCUT2D eigenvalue weighted by Crippen LogP contribution is -2.32. The third-order valence-electron chi connectivity index (χ3n) is 5.54. The largest absolute Gasteiger partial charge is 0.494 e. The normalized spacial score (nSPS) is 12.6. The molecule has 6 nitrogen and oxygen atoms in total. The number of carbonyl (C=O) groups is 1. The molecule has 0 saturated heterocycles. The van der Waals surface area contributed by atoms with E-state index in [9.17, 15) is 20.0 Å². The Morgan fingerprint density at radius 2 is 1.66 bits per heavy atom. The van der Waals surface area contributed by atoms with Gasteiger partial charge in [0, 0.05) is 0 Å². The molecule has 0 aliphatic heterocycles. The summed E-state index contributed by atoms with van der Waals surface area (Å²) in [5.41, 5.74) is 2.00. The molecule has 0 aliphatic carbocycles. The highest BCUT2D eigenvalue weighted by Crippen LogP contribution is 2.29. The number of nitrogens with zero attached hydrogens (tertiary/aromatic N) is 2. The Balaban J connectivity index is 2.10. The minimum atomic E-state index is -0.940. The van der Waals surface area contributed by atoms with Crippen molar-refractivity contribution in [3.05, 3.63) is 92.3 Å². The van der Waals surface area contributed by atoms with E-state index in [-0.39, 0.29) is 16.7 Å². The number of hydrogen-bond donors (Lipinski definition) is 1. The molecular weight excluding hydrogens is 404 g/mol. The van der Waals surface area contributed by atoms with E-state index < -0.39 is 29.4 Å². The van der Waals surface area contributed by atoms with Crippen LogP contribution in [0.1, 0.15) is 58.1 Å². The smallest absolute Gasteiger partial charge is 0.272 e. The van der Waals surface area contributed by atoms with E-state index in [4.69, 9.17) is 4.74 Å². The van der Waals surface area contributed by atoms with Crippen molar-refractivity contribution in [3.8, 4) is 17.7 Å². The molecule has 2 unspecified atom stereocenters. The molecule has 0 spiro atoms. The first-order chi connectivity index (χ1) is 15.1. The zero-order valence-electron chi connectivity index (χ0n) is 18.8. The summed E-state index contributed by atoms with van der Waals surface area (Å²) in [5.74, 6) is -0.444. The first-order valence-electron chi connectivity index (χ1n) is 10.4. The molecule has 164 valence electrons. The fraction of sp³-hybridized carbons (Fsp3) is 0.269. The summed E-state index contributed by atoms with van der Waals surface area (Å²) in [4.78, 5) is 26.3. The van der Waals surface area contributed by atoms with Crippen molar-refractivity contribution >= 4 is 5.78 Å². The number of aromatic hydroxyl groups is 1. The van der Waals surface area contributed by atoms with Gasteiger partial charge in [0.2, 0.25) is 11.7 Å². The van der Waals surface area contributed by atoms with Crippen LogP contribution in [0.15, 0.2) is 53.3 Å². The second-order valence-corrected chi connectivity index (χ2v) is 8.02. The van der Waals surface area contributed by atoms with Crippen molar-refractivity contribution < 1.29 is 14.6 Å². The Labute approximate surface area is 187 Å². The molecule has 2 atom stereocenters. The van der Waals surface area contributed by atoms with Gasteiger partial charge in [0.05, 0.1) is 11.6 Å². The Morgan fingerprint density at radius 3 is 2.22 bits per heavy atom. The molecule has 1 heterocycles. The lowest BCUT2D eigenvalue weighted by molar-refractivity contribution is 0.0812. The van der Waals surface area contributed by atoms with E-state index in [1.54, 1.807) is 13.8 Å². The highest BCUT2D eigenvalue weighted by Gasteiger charge is 2.30. The molecule has 0 bridgehead atoms. The fourth-order valence-electron chi connectivity index (χ4n) is 3.92. The van der Waals surface area contributed by atoms with Crippen LogP contribution in [0.25, 0.3) is 0 Å². The summed E-state index contributed by atoms with van der Waals surface area (Å²) in [5, 5.41) is 20.7. The van der Waals surface area contributed by atoms with Crippen LogP contribution in [-0.4, -0.2) is 21.6 Å². The summed E-state index contributed by atoms with van der Waals surface area (Å²) in [6.45, 7) is 8.68. The molecule has 3 aromatic rings. The van der Waals surface area contributed by atoms with Gasteiger partial charge in [-0.1, -0.05) is 36.4 Å². The van der Waals surface area contributed by atoms with Gasteiger partial charge in [-0.3, -0.25) is 14.2 Å². The molecule has 2 aromatic carbocycles. The maximum Gasteiger partial charge on any atom is 0.272 e. The molecule has 0 radical (unpaired) electrons. The monoisotopic (exact) mass is 430 g/mol. The number of pyridine rings is 1. The number of benzene rings is 2. The van der Waals surface area contributed by atoms with Crippen LogP contribution in [-0.2, 0) is 0 Å². The predicted molar refractivity (Wildman–Crippen MR) is 122 cm³/mol. The number of hydrogen-bond acceptors (Lipinski definition) is 5. The lowest BCUT2D eigenvalue weighted by Gasteiger charge is -2.22. The van der Waals surface area contributed by atoms with Gasteiger partial charge in [-0.15, -0.1) is 0 Å². The van der Waals surface area contributed by atoms with Gasteiger partial charge in [0.15, 0.2) is 6.10 Å². The van der Waals surface area contributed by atoms with Gasteiger partial charge >= 0.3 is 0 Å². The van der Waals surface area contributed by atoms with E-state index in [2.05, 4.69) is 0 Å². The molecule has 32 heavy (non-hydrogen) atoms. The highest BCUT2D eigenvalue weighted by atomic mass is 16.5. The van der Waals surface area contributed by atoms with Crippen LogP contribution in [0, 0.1) is 32.1 Å². The van der Waals surface area contributed by atoms with Crippen molar-refractivity contribution in [1.29, 1.82) is 5.26 Å². The van der Waals surface area contributed by atoms with E-state index in [0.29, 0.717) is 5.75 Å². The van der Waals surface area contributed by atoms with Crippen LogP contribution in [0.3, 0.4) is 0 Å². The van der Waals surface area contributed by atoms with Crippen LogP contribution >= 0.6 is 0 Å². The van der Waals surface area contributed by atoms with Crippen LogP contribution in [0.2, 0.25) is 0 Å². The predicted octanol–water partition coefficient (Wildman–Crippen LogP) is 4.61. The summed E-state index contributed by atoms with van der Waals surface area (Å²) in [6, 6.07) is 16.1. The second kappa shape index (κ2) is 9.11. The topological polar surface area (TPSA) is 92.3 Å². The van der Waals surface area contributed by atoms with E-state index in [1.807, 2.05) is 68.4 Å². The molecule has 0 amide bonds. The molecule has 6 heteroatoms. The summed E-state index contributed by atoms with van der Waals surface area (Å²) in [6.07, 6.45) is -0.940. The van der Waals surface area contributed by atoms with Crippen LogP contribution in [0.4, 0.5) is 0 Å². The quantitative estimate of drug-likeness (QED) is 0.577. The summed E-state index contributed by atoms with van der Waals surface area (Å²) < 4.78 is 6.95. The second-order valence-electron chi connectivity index (χ2n) is 8.02. The minimum absolute atomic E-state index is 0.0826. The number of aryl methyl sites for hydroxylation is 2. The van der Waals surface area contributed by atoms with Gasteiger partial charge in [-0.2, -0.15) is 5.26 Å². The molecule has 3 rings (SSSR count). The Morgan fingerprint density at radius 1 is 1.06 bits per heavy atom. The Bertz CT molecular complexity index is 1250. The van der Waals surface area contributed by atoms with E-state index in [1.165, 1.54) is 6.92 Å².